The number of para-hydroxylation sites is 2. The second-order valence-corrected chi connectivity index (χ2v) is 7.46. The number of carbonyl (C=O) groups is 3. The van der Waals surface area contributed by atoms with E-state index in [1.807, 2.05) is 0 Å². The number of ketones is 1. The lowest BCUT2D eigenvalue weighted by Gasteiger charge is -2.22. The molecule has 2 aliphatic heterocycles. The Morgan fingerprint density at radius 2 is 1.76 bits per heavy atom. The first-order valence-electron chi connectivity index (χ1n) is 8.56. The van der Waals surface area contributed by atoms with Gasteiger partial charge in [0.2, 0.25) is 5.91 Å². The number of fused-ring (bicyclic) bond motifs is 1. The van der Waals surface area contributed by atoms with Gasteiger partial charge in [-0.15, -0.1) is 0 Å². The summed E-state index contributed by atoms with van der Waals surface area (Å²) in [6.45, 7) is 1.27. The SMILES string of the molecule is CC(=O)C1=NN(c2ccc(Br)cc2)[C@@H]2C(=O)N(c3ccccc3[N+](=O)[O-])C(=O)[C@H]12. The number of hydrazone groups is 1. The van der Waals surface area contributed by atoms with Gasteiger partial charge in [-0.1, -0.05) is 28.1 Å². The van der Waals surface area contributed by atoms with Crippen molar-refractivity contribution in [1.29, 1.82) is 0 Å². The largest absolute Gasteiger partial charge is 0.293 e. The van der Waals surface area contributed by atoms with E-state index in [1.165, 1.54) is 36.2 Å². The predicted molar refractivity (Wildman–Crippen MR) is 108 cm³/mol. The van der Waals surface area contributed by atoms with Crippen LogP contribution in [0.4, 0.5) is 17.1 Å². The van der Waals surface area contributed by atoms with Crippen LogP contribution in [0.3, 0.4) is 0 Å². The van der Waals surface area contributed by atoms with Crippen LogP contribution in [0.1, 0.15) is 6.92 Å². The Kier molecular flexibility index (Phi) is 4.50. The first kappa shape index (κ1) is 18.9. The number of nitro benzene ring substituents is 1. The number of benzene rings is 2. The number of anilines is 2. The number of halogens is 1. The molecule has 2 aromatic rings. The van der Waals surface area contributed by atoms with Gasteiger partial charge in [0.1, 0.15) is 23.4 Å². The van der Waals surface area contributed by atoms with Gasteiger partial charge in [-0.3, -0.25) is 29.5 Å². The van der Waals surface area contributed by atoms with Crippen LogP contribution in [0.25, 0.3) is 0 Å². The summed E-state index contributed by atoms with van der Waals surface area (Å²) in [6, 6.07) is 11.3. The molecule has 2 atom stereocenters. The quantitative estimate of drug-likeness (QED) is 0.396. The maximum Gasteiger partial charge on any atom is 0.293 e. The van der Waals surface area contributed by atoms with Crippen molar-refractivity contribution in [2.45, 2.75) is 13.0 Å². The fourth-order valence-corrected chi connectivity index (χ4v) is 3.82. The summed E-state index contributed by atoms with van der Waals surface area (Å²) in [5, 5.41) is 17.0. The minimum absolute atomic E-state index is 0.0441. The molecule has 0 bridgehead atoms. The van der Waals surface area contributed by atoms with Crippen LogP contribution in [-0.4, -0.2) is 34.3 Å². The Bertz CT molecular complexity index is 1100. The Hall–Kier alpha value is -3.40. The lowest BCUT2D eigenvalue weighted by atomic mass is 9.95. The zero-order valence-electron chi connectivity index (χ0n) is 15.0. The average Bonchev–Trinajstić information content (AvgIpc) is 3.20. The average molecular weight is 457 g/mol. The highest BCUT2D eigenvalue weighted by Gasteiger charge is 2.58. The molecule has 1 saturated heterocycles. The molecule has 146 valence electrons. The number of imide groups is 1. The van der Waals surface area contributed by atoms with Crippen molar-refractivity contribution in [3.8, 4) is 0 Å². The number of nitrogens with zero attached hydrogens (tertiary/aromatic N) is 4. The van der Waals surface area contributed by atoms with Gasteiger partial charge in [-0.2, -0.15) is 5.10 Å². The number of nitro groups is 1. The number of rotatable bonds is 4. The molecule has 0 radical (unpaired) electrons. The van der Waals surface area contributed by atoms with E-state index in [0.29, 0.717) is 5.69 Å². The van der Waals surface area contributed by atoms with E-state index in [0.717, 1.165) is 9.37 Å². The van der Waals surface area contributed by atoms with E-state index in [4.69, 9.17) is 0 Å². The molecule has 10 heteroatoms. The fraction of sp³-hybridized carbons (Fsp3) is 0.158. The molecule has 29 heavy (non-hydrogen) atoms. The maximum atomic E-state index is 13.2. The summed E-state index contributed by atoms with van der Waals surface area (Å²) in [5.74, 6) is -2.94. The van der Waals surface area contributed by atoms with Crippen LogP contribution in [0.15, 0.2) is 58.1 Å². The monoisotopic (exact) mass is 456 g/mol. The molecule has 0 unspecified atom stereocenters. The smallest absolute Gasteiger partial charge is 0.293 e. The number of Topliss-reactive ketones (excluding diaryl/α,β-unsaturated/α-hetero) is 1. The normalized spacial score (nSPS) is 20.7. The van der Waals surface area contributed by atoms with Crippen molar-refractivity contribution in [3.05, 3.63) is 63.1 Å². The molecule has 2 aliphatic rings. The topological polar surface area (TPSA) is 113 Å². The van der Waals surface area contributed by atoms with Gasteiger partial charge in [-0.25, -0.2) is 4.90 Å². The second-order valence-electron chi connectivity index (χ2n) is 6.54. The Morgan fingerprint density at radius 3 is 2.38 bits per heavy atom. The van der Waals surface area contributed by atoms with Crippen LogP contribution in [0, 0.1) is 16.0 Å². The lowest BCUT2D eigenvalue weighted by Crippen LogP contribution is -2.39. The third-order valence-corrected chi connectivity index (χ3v) is 5.35. The molecular formula is C19H13BrN4O5. The zero-order chi connectivity index (χ0) is 20.9. The van der Waals surface area contributed by atoms with Crippen LogP contribution < -0.4 is 9.91 Å². The van der Waals surface area contributed by atoms with E-state index >= 15 is 0 Å². The maximum absolute atomic E-state index is 13.2. The molecule has 2 aromatic carbocycles. The summed E-state index contributed by atoms with van der Waals surface area (Å²) in [5.41, 5.74) is -0.0198. The summed E-state index contributed by atoms with van der Waals surface area (Å²) < 4.78 is 0.808. The molecule has 1 fully saturated rings. The minimum atomic E-state index is -1.12. The molecule has 0 saturated carbocycles. The molecule has 2 amide bonds. The molecular weight excluding hydrogens is 444 g/mol. The lowest BCUT2D eigenvalue weighted by molar-refractivity contribution is -0.384. The highest BCUT2D eigenvalue weighted by atomic mass is 79.9. The molecule has 0 N–H and O–H groups in total. The summed E-state index contributed by atoms with van der Waals surface area (Å²) >= 11 is 3.33. The van der Waals surface area contributed by atoms with Crippen molar-refractivity contribution < 1.29 is 19.3 Å². The zero-order valence-corrected chi connectivity index (χ0v) is 16.6. The van der Waals surface area contributed by atoms with E-state index in [-0.39, 0.29) is 17.1 Å². The van der Waals surface area contributed by atoms with E-state index < -0.39 is 34.5 Å². The summed E-state index contributed by atoms with van der Waals surface area (Å²) in [6.07, 6.45) is 0. The van der Waals surface area contributed by atoms with Gasteiger partial charge < -0.3 is 0 Å². The molecule has 0 spiro atoms. The van der Waals surface area contributed by atoms with Crippen LogP contribution in [0.5, 0.6) is 0 Å². The van der Waals surface area contributed by atoms with Crippen LogP contribution >= 0.6 is 15.9 Å². The van der Waals surface area contributed by atoms with Crippen molar-refractivity contribution >= 4 is 56.3 Å². The van der Waals surface area contributed by atoms with Gasteiger partial charge in [0.15, 0.2) is 5.78 Å². The van der Waals surface area contributed by atoms with Gasteiger partial charge in [-0.05, 0) is 30.3 Å². The first-order valence-corrected chi connectivity index (χ1v) is 9.36. The third-order valence-electron chi connectivity index (χ3n) is 4.82. The van der Waals surface area contributed by atoms with Crippen molar-refractivity contribution in [3.63, 3.8) is 0 Å². The van der Waals surface area contributed by atoms with Crippen molar-refractivity contribution in [1.82, 2.24) is 0 Å². The third kappa shape index (κ3) is 2.92. The van der Waals surface area contributed by atoms with Crippen molar-refractivity contribution in [2.75, 3.05) is 9.91 Å². The Balaban J connectivity index is 1.83. The second kappa shape index (κ2) is 6.89. The highest BCUT2D eigenvalue weighted by molar-refractivity contribution is 9.10. The molecule has 9 nitrogen and oxygen atoms in total. The standard InChI is InChI=1S/C19H13BrN4O5/c1-10(25)16-15-17(23(21-16)12-8-6-11(20)7-9-12)19(27)22(18(15)26)13-4-2-3-5-14(13)24(28)29/h2-9,15,17H,1H3/t15-,17+/m1/s1. The van der Waals surface area contributed by atoms with Gasteiger partial charge in [0, 0.05) is 17.5 Å². The molecule has 2 heterocycles. The predicted octanol–water partition coefficient (Wildman–Crippen LogP) is 2.68. The number of amides is 2. The molecule has 0 aliphatic carbocycles. The van der Waals surface area contributed by atoms with E-state index in [1.54, 1.807) is 24.3 Å². The van der Waals surface area contributed by atoms with Gasteiger partial charge in [0.25, 0.3) is 11.6 Å². The van der Waals surface area contributed by atoms with E-state index in [2.05, 4.69) is 21.0 Å². The van der Waals surface area contributed by atoms with Crippen molar-refractivity contribution in [2.24, 2.45) is 11.0 Å². The molecule has 0 aromatic heterocycles. The summed E-state index contributed by atoms with van der Waals surface area (Å²) in [7, 11) is 0. The van der Waals surface area contributed by atoms with Gasteiger partial charge in [0.05, 0.1) is 10.6 Å². The summed E-state index contributed by atoms with van der Waals surface area (Å²) in [4.78, 5) is 50.0. The van der Waals surface area contributed by atoms with E-state index in [9.17, 15) is 24.5 Å². The number of hydrogen-bond acceptors (Lipinski definition) is 7. The fourth-order valence-electron chi connectivity index (χ4n) is 3.56. The Labute approximate surface area is 172 Å². The van der Waals surface area contributed by atoms with Crippen LogP contribution in [0.2, 0.25) is 0 Å². The van der Waals surface area contributed by atoms with Crippen LogP contribution in [-0.2, 0) is 14.4 Å². The van der Waals surface area contributed by atoms with Gasteiger partial charge >= 0.3 is 0 Å². The number of hydrogen-bond donors (Lipinski definition) is 0. The minimum Gasteiger partial charge on any atom is -0.293 e. The molecule has 4 rings (SSSR count). The Morgan fingerprint density at radius 1 is 1.10 bits per heavy atom. The first-order chi connectivity index (χ1) is 13.8. The number of carbonyl (C=O) groups excluding carboxylic acids is 3. The highest BCUT2D eigenvalue weighted by Crippen LogP contribution is 2.40.